The topological polar surface area (TPSA) is 58.6 Å². The lowest BCUT2D eigenvalue weighted by Gasteiger charge is -2.19. The lowest BCUT2D eigenvalue weighted by Crippen LogP contribution is -2.30. The van der Waals surface area contributed by atoms with E-state index in [0.717, 1.165) is 5.75 Å². The molecular weight excluding hydrogens is 376 g/mol. The van der Waals surface area contributed by atoms with Crippen LogP contribution in [0.3, 0.4) is 0 Å². The van der Waals surface area contributed by atoms with E-state index in [4.69, 9.17) is 4.74 Å². The maximum atomic E-state index is 12.3. The Hall–Kier alpha value is -2.82. The van der Waals surface area contributed by atoms with E-state index in [1.807, 2.05) is 26.0 Å². The Morgan fingerprint density at radius 3 is 2.07 bits per heavy atom. The first-order chi connectivity index (χ1) is 14.2. The lowest BCUT2D eigenvalue weighted by atomic mass is 9.87. The van der Waals surface area contributed by atoms with E-state index in [1.54, 1.807) is 29.2 Å². The summed E-state index contributed by atoms with van der Waals surface area (Å²) in [6, 6.07) is 15.1. The second-order valence-electron chi connectivity index (χ2n) is 8.33. The third kappa shape index (κ3) is 6.90. The Morgan fingerprint density at radius 2 is 1.53 bits per heavy atom. The number of nitrogens with zero attached hydrogens (tertiary/aromatic N) is 1. The van der Waals surface area contributed by atoms with Gasteiger partial charge < -0.3 is 15.0 Å². The molecule has 2 amide bonds. The second-order valence-corrected chi connectivity index (χ2v) is 8.33. The zero-order valence-electron chi connectivity index (χ0n) is 18.8. The Balaban J connectivity index is 1.75. The fourth-order valence-corrected chi connectivity index (χ4v) is 3.09. The van der Waals surface area contributed by atoms with Gasteiger partial charge >= 0.3 is 0 Å². The minimum absolute atomic E-state index is 0.00515. The zero-order valence-corrected chi connectivity index (χ0v) is 18.8. The Morgan fingerprint density at radius 1 is 0.933 bits per heavy atom. The summed E-state index contributed by atoms with van der Waals surface area (Å²) in [5.41, 5.74) is 2.70. The minimum Gasteiger partial charge on any atom is -0.494 e. The van der Waals surface area contributed by atoms with Crippen molar-refractivity contribution in [3.63, 3.8) is 0 Å². The third-order valence-corrected chi connectivity index (χ3v) is 5.00. The Kier molecular flexibility index (Phi) is 8.46. The smallest absolute Gasteiger partial charge is 0.253 e. The van der Waals surface area contributed by atoms with E-state index in [0.29, 0.717) is 43.8 Å². The van der Waals surface area contributed by atoms with Crippen LogP contribution in [0.15, 0.2) is 48.5 Å². The van der Waals surface area contributed by atoms with E-state index in [1.165, 1.54) is 5.56 Å². The van der Waals surface area contributed by atoms with Crippen molar-refractivity contribution in [1.82, 2.24) is 4.90 Å². The van der Waals surface area contributed by atoms with Gasteiger partial charge in [-0.1, -0.05) is 32.9 Å². The van der Waals surface area contributed by atoms with Crippen LogP contribution in [0.1, 0.15) is 63.4 Å². The summed E-state index contributed by atoms with van der Waals surface area (Å²) < 4.78 is 5.74. The number of hydrogen-bond donors (Lipinski definition) is 1. The fraction of sp³-hybridized carbons (Fsp3) is 0.440. The number of rotatable bonds is 9. The summed E-state index contributed by atoms with van der Waals surface area (Å²) in [4.78, 5) is 26.2. The van der Waals surface area contributed by atoms with Crippen molar-refractivity contribution in [1.29, 1.82) is 0 Å². The number of benzene rings is 2. The molecule has 30 heavy (non-hydrogen) atoms. The third-order valence-electron chi connectivity index (χ3n) is 5.00. The number of hydrogen-bond acceptors (Lipinski definition) is 3. The standard InChI is InChI=1S/C25H34N2O3/c1-6-27(7-2)24(29)19-10-14-21(15-11-19)26-23(28)9-8-18-30-22-16-12-20(13-17-22)25(3,4)5/h10-17H,6-9,18H2,1-5H3,(H,26,28). The fourth-order valence-electron chi connectivity index (χ4n) is 3.09. The van der Waals surface area contributed by atoms with Crippen LogP contribution >= 0.6 is 0 Å². The van der Waals surface area contributed by atoms with Crippen molar-refractivity contribution in [3.05, 3.63) is 59.7 Å². The molecular formula is C25H34N2O3. The molecule has 0 saturated carbocycles. The zero-order chi connectivity index (χ0) is 22.1. The Bertz CT molecular complexity index is 817. The molecule has 5 heteroatoms. The lowest BCUT2D eigenvalue weighted by molar-refractivity contribution is -0.116. The van der Waals surface area contributed by atoms with Gasteiger partial charge in [0.15, 0.2) is 0 Å². The molecule has 0 aromatic heterocycles. The number of carbonyl (C=O) groups is 2. The first-order valence-electron chi connectivity index (χ1n) is 10.7. The van der Waals surface area contributed by atoms with E-state index >= 15 is 0 Å². The van der Waals surface area contributed by atoms with E-state index < -0.39 is 0 Å². The highest BCUT2D eigenvalue weighted by atomic mass is 16.5. The van der Waals surface area contributed by atoms with Gasteiger partial charge in [0.05, 0.1) is 6.61 Å². The number of nitrogens with one attached hydrogen (secondary N) is 1. The average molecular weight is 411 g/mol. The molecule has 2 rings (SSSR count). The maximum Gasteiger partial charge on any atom is 0.253 e. The summed E-state index contributed by atoms with van der Waals surface area (Å²) >= 11 is 0. The molecule has 2 aromatic rings. The maximum absolute atomic E-state index is 12.3. The molecule has 0 atom stereocenters. The molecule has 1 N–H and O–H groups in total. The second kappa shape index (κ2) is 10.8. The van der Waals surface area contributed by atoms with Gasteiger partial charge in [0.2, 0.25) is 5.91 Å². The molecule has 0 spiro atoms. The minimum atomic E-state index is -0.0653. The summed E-state index contributed by atoms with van der Waals surface area (Å²) in [5.74, 6) is 0.756. The van der Waals surface area contributed by atoms with Crippen LogP contribution in [0, 0.1) is 0 Å². The summed E-state index contributed by atoms with van der Waals surface area (Å²) in [7, 11) is 0. The van der Waals surface area contributed by atoms with Crippen LogP contribution in [-0.2, 0) is 10.2 Å². The van der Waals surface area contributed by atoms with Gasteiger partial charge in [-0.3, -0.25) is 9.59 Å². The van der Waals surface area contributed by atoms with Gasteiger partial charge in [-0.05, 0) is 67.6 Å². The number of anilines is 1. The van der Waals surface area contributed by atoms with Gasteiger partial charge in [0, 0.05) is 30.8 Å². The molecule has 0 heterocycles. The van der Waals surface area contributed by atoms with Crippen molar-refractivity contribution < 1.29 is 14.3 Å². The molecule has 0 unspecified atom stereocenters. The summed E-state index contributed by atoms with van der Waals surface area (Å²) in [6.07, 6.45) is 1.01. The van der Waals surface area contributed by atoms with Crippen molar-refractivity contribution in [2.45, 2.75) is 52.9 Å². The van der Waals surface area contributed by atoms with Crippen molar-refractivity contribution in [2.75, 3.05) is 25.0 Å². The normalized spacial score (nSPS) is 11.1. The molecule has 5 nitrogen and oxygen atoms in total. The molecule has 0 saturated heterocycles. The van der Waals surface area contributed by atoms with E-state index in [-0.39, 0.29) is 17.2 Å². The summed E-state index contributed by atoms with van der Waals surface area (Å²) in [5, 5.41) is 2.87. The van der Waals surface area contributed by atoms with Gasteiger partial charge in [-0.2, -0.15) is 0 Å². The summed E-state index contributed by atoms with van der Waals surface area (Å²) in [6.45, 7) is 12.3. The number of ether oxygens (including phenoxy) is 1. The van der Waals surface area contributed by atoms with E-state index in [2.05, 4.69) is 38.2 Å². The van der Waals surface area contributed by atoms with Crippen LogP contribution in [-0.4, -0.2) is 36.4 Å². The van der Waals surface area contributed by atoms with Crippen LogP contribution in [0.25, 0.3) is 0 Å². The molecule has 2 aromatic carbocycles. The highest BCUT2D eigenvalue weighted by Crippen LogP contribution is 2.24. The Labute approximate surface area is 180 Å². The van der Waals surface area contributed by atoms with Crippen LogP contribution in [0.2, 0.25) is 0 Å². The van der Waals surface area contributed by atoms with Gasteiger partial charge in [-0.25, -0.2) is 0 Å². The van der Waals surface area contributed by atoms with Crippen molar-refractivity contribution in [3.8, 4) is 5.75 Å². The largest absolute Gasteiger partial charge is 0.494 e. The predicted octanol–water partition coefficient (Wildman–Crippen LogP) is 5.26. The van der Waals surface area contributed by atoms with Crippen LogP contribution in [0.5, 0.6) is 5.75 Å². The van der Waals surface area contributed by atoms with Crippen LogP contribution in [0.4, 0.5) is 5.69 Å². The molecule has 0 aliphatic heterocycles. The number of carbonyl (C=O) groups excluding carboxylic acids is 2. The SMILES string of the molecule is CCN(CC)C(=O)c1ccc(NC(=O)CCCOc2ccc(C(C)(C)C)cc2)cc1. The molecule has 0 fully saturated rings. The van der Waals surface area contributed by atoms with E-state index in [9.17, 15) is 9.59 Å². The highest BCUT2D eigenvalue weighted by molar-refractivity contribution is 5.95. The predicted molar refractivity (Wildman–Crippen MR) is 122 cm³/mol. The molecule has 0 bridgehead atoms. The number of amides is 2. The quantitative estimate of drug-likeness (QED) is 0.573. The molecule has 0 aliphatic rings. The molecule has 162 valence electrons. The van der Waals surface area contributed by atoms with Crippen molar-refractivity contribution in [2.24, 2.45) is 0 Å². The molecule has 0 radical (unpaired) electrons. The van der Waals surface area contributed by atoms with Gasteiger partial charge in [0.25, 0.3) is 5.91 Å². The highest BCUT2D eigenvalue weighted by Gasteiger charge is 2.13. The first-order valence-corrected chi connectivity index (χ1v) is 10.7. The first kappa shape index (κ1) is 23.5. The van der Waals surface area contributed by atoms with Crippen molar-refractivity contribution >= 4 is 17.5 Å². The van der Waals surface area contributed by atoms with Gasteiger partial charge in [-0.15, -0.1) is 0 Å². The monoisotopic (exact) mass is 410 g/mol. The van der Waals surface area contributed by atoms with Crippen LogP contribution < -0.4 is 10.1 Å². The molecule has 0 aliphatic carbocycles. The van der Waals surface area contributed by atoms with Gasteiger partial charge in [0.1, 0.15) is 5.75 Å². The average Bonchev–Trinajstić information content (AvgIpc) is 2.72.